The number of carbonyl (C=O) groups is 1. The molecule has 2 heterocycles. The molecule has 2 aromatic carbocycles. The molecule has 0 radical (unpaired) electrons. The molecule has 0 amide bonds. The Kier molecular flexibility index (Phi) is 4.02. The number of likely N-dealkylation sites (N-methyl/N-ethyl adjacent to an activating group) is 1. The molecule has 0 spiro atoms. The van der Waals surface area contributed by atoms with Crippen LogP contribution in [0.3, 0.4) is 0 Å². The molecule has 0 aliphatic carbocycles. The van der Waals surface area contributed by atoms with Crippen molar-refractivity contribution < 1.29 is 14.3 Å². The number of hydrogen-bond donors (Lipinski definition) is 0. The van der Waals surface area contributed by atoms with Crippen molar-refractivity contribution in [1.82, 2.24) is 4.90 Å². The van der Waals surface area contributed by atoms with E-state index in [1.807, 2.05) is 36.4 Å². The second kappa shape index (κ2) is 6.19. The Morgan fingerprint density at radius 1 is 1.12 bits per heavy atom. The molecule has 2 atom stereocenters. The van der Waals surface area contributed by atoms with E-state index in [1.54, 1.807) is 7.11 Å². The standard InChI is InChI=1S/C20H23NO3/c1-21-15-9-14(10-16(21)12-24-11-15)20(22)19-17-6-4-3-5-13(17)7-8-18(19)23-2/h3-8,14-16H,9-12H2,1-2H3. The van der Waals surface area contributed by atoms with Gasteiger partial charge in [-0.15, -0.1) is 0 Å². The minimum absolute atomic E-state index is 0.0415. The molecule has 2 unspecified atom stereocenters. The summed E-state index contributed by atoms with van der Waals surface area (Å²) < 4.78 is 11.2. The molecule has 0 saturated carbocycles. The summed E-state index contributed by atoms with van der Waals surface area (Å²) >= 11 is 0. The lowest BCUT2D eigenvalue weighted by Crippen LogP contribution is -2.55. The van der Waals surface area contributed by atoms with Gasteiger partial charge in [0.2, 0.25) is 0 Å². The summed E-state index contributed by atoms with van der Waals surface area (Å²) in [5, 5.41) is 2.07. The summed E-state index contributed by atoms with van der Waals surface area (Å²) in [5.41, 5.74) is 0.740. The van der Waals surface area contributed by atoms with Gasteiger partial charge in [-0.25, -0.2) is 0 Å². The number of carbonyl (C=O) groups excluding carboxylic acids is 1. The van der Waals surface area contributed by atoms with Gasteiger partial charge < -0.3 is 9.47 Å². The van der Waals surface area contributed by atoms with Gasteiger partial charge in [0.1, 0.15) is 5.75 Å². The van der Waals surface area contributed by atoms with E-state index in [9.17, 15) is 4.79 Å². The largest absolute Gasteiger partial charge is 0.496 e. The van der Waals surface area contributed by atoms with Crippen LogP contribution in [0.2, 0.25) is 0 Å². The number of ketones is 1. The van der Waals surface area contributed by atoms with Gasteiger partial charge in [0.15, 0.2) is 5.78 Å². The number of rotatable bonds is 3. The number of nitrogens with zero attached hydrogens (tertiary/aromatic N) is 1. The predicted octanol–water partition coefficient (Wildman–Crippen LogP) is 3.14. The summed E-state index contributed by atoms with van der Waals surface area (Å²) in [6.07, 6.45) is 1.72. The molecule has 24 heavy (non-hydrogen) atoms. The number of ether oxygens (including phenoxy) is 2. The highest BCUT2D eigenvalue weighted by molar-refractivity contribution is 6.11. The Hall–Kier alpha value is -1.91. The predicted molar refractivity (Wildman–Crippen MR) is 93.7 cm³/mol. The monoisotopic (exact) mass is 325 g/mol. The highest BCUT2D eigenvalue weighted by Gasteiger charge is 2.40. The first-order chi connectivity index (χ1) is 11.7. The molecule has 2 aliphatic rings. The van der Waals surface area contributed by atoms with Gasteiger partial charge in [-0.2, -0.15) is 0 Å². The fourth-order valence-corrected chi connectivity index (χ4v) is 4.19. The van der Waals surface area contributed by atoms with E-state index >= 15 is 0 Å². The maximum Gasteiger partial charge on any atom is 0.170 e. The third-order valence-electron chi connectivity index (χ3n) is 5.61. The van der Waals surface area contributed by atoms with E-state index in [-0.39, 0.29) is 11.7 Å². The zero-order valence-corrected chi connectivity index (χ0v) is 14.2. The van der Waals surface area contributed by atoms with Crippen LogP contribution in [-0.4, -0.2) is 50.1 Å². The van der Waals surface area contributed by atoms with E-state index in [2.05, 4.69) is 11.9 Å². The Balaban J connectivity index is 1.73. The Labute approximate surface area is 142 Å². The minimum Gasteiger partial charge on any atom is -0.496 e. The summed E-state index contributed by atoms with van der Waals surface area (Å²) in [6.45, 7) is 1.45. The first-order valence-electron chi connectivity index (χ1n) is 8.58. The van der Waals surface area contributed by atoms with Gasteiger partial charge in [-0.3, -0.25) is 9.69 Å². The van der Waals surface area contributed by atoms with Crippen molar-refractivity contribution in [2.45, 2.75) is 24.9 Å². The van der Waals surface area contributed by atoms with Crippen LogP contribution in [0.1, 0.15) is 23.2 Å². The van der Waals surface area contributed by atoms with Crippen LogP contribution in [0.4, 0.5) is 0 Å². The molecule has 126 valence electrons. The molecule has 2 fully saturated rings. The maximum atomic E-state index is 13.4. The second-order valence-electron chi connectivity index (χ2n) is 6.91. The maximum absolute atomic E-state index is 13.4. The van der Waals surface area contributed by atoms with E-state index in [0.29, 0.717) is 17.8 Å². The normalized spacial score (nSPS) is 27.2. The van der Waals surface area contributed by atoms with Crippen molar-refractivity contribution in [3.8, 4) is 5.75 Å². The lowest BCUT2D eigenvalue weighted by atomic mass is 9.80. The molecular weight excluding hydrogens is 302 g/mol. The fourth-order valence-electron chi connectivity index (χ4n) is 4.19. The number of methoxy groups -OCH3 is 1. The van der Waals surface area contributed by atoms with Crippen molar-refractivity contribution in [2.24, 2.45) is 5.92 Å². The van der Waals surface area contributed by atoms with E-state index in [1.165, 1.54) is 0 Å². The van der Waals surface area contributed by atoms with Crippen molar-refractivity contribution in [2.75, 3.05) is 27.4 Å². The Morgan fingerprint density at radius 2 is 1.83 bits per heavy atom. The van der Waals surface area contributed by atoms with Crippen LogP contribution in [-0.2, 0) is 4.74 Å². The number of hydrogen-bond acceptors (Lipinski definition) is 4. The van der Waals surface area contributed by atoms with Gasteiger partial charge in [0.25, 0.3) is 0 Å². The van der Waals surface area contributed by atoms with E-state index in [0.717, 1.165) is 42.4 Å². The van der Waals surface area contributed by atoms with Gasteiger partial charge >= 0.3 is 0 Å². The lowest BCUT2D eigenvalue weighted by Gasteiger charge is -2.46. The second-order valence-corrected chi connectivity index (χ2v) is 6.91. The highest BCUT2D eigenvalue weighted by atomic mass is 16.5. The number of piperidine rings is 1. The third kappa shape index (κ3) is 2.50. The number of benzene rings is 2. The number of morpholine rings is 1. The minimum atomic E-state index is 0.0415. The van der Waals surface area contributed by atoms with Crippen molar-refractivity contribution in [3.63, 3.8) is 0 Å². The molecule has 0 N–H and O–H groups in total. The van der Waals surface area contributed by atoms with E-state index in [4.69, 9.17) is 9.47 Å². The van der Waals surface area contributed by atoms with Crippen LogP contribution in [0.5, 0.6) is 5.75 Å². The zero-order chi connectivity index (χ0) is 16.7. The van der Waals surface area contributed by atoms with Crippen LogP contribution in [0.15, 0.2) is 36.4 Å². The molecule has 2 bridgehead atoms. The van der Waals surface area contributed by atoms with Gasteiger partial charge in [0.05, 0.1) is 25.9 Å². The number of Topliss-reactive ketones (excluding diaryl/α,β-unsaturated/α-hetero) is 1. The van der Waals surface area contributed by atoms with Crippen LogP contribution >= 0.6 is 0 Å². The summed E-state index contributed by atoms with van der Waals surface area (Å²) in [6, 6.07) is 12.7. The van der Waals surface area contributed by atoms with Crippen molar-refractivity contribution >= 4 is 16.6 Å². The van der Waals surface area contributed by atoms with Crippen molar-refractivity contribution in [1.29, 1.82) is 0 Å². The average molecular weight is 325 g/mol. The number of fused-ring (bicyclic) bond motifs is 3. The smallest absolute Gasteiger partial charge is 0.170 e. The first-order valence-corrected chi connectivity index (χ1v) is 8.58. The first kappa shape index (κ1) is 15.6. The van der Waals surface area contributed by atoms with Crippen LogP contribution < -0.4 is 4.74 Å². The van der Waals surface area contributed by atoms with Gasteiger partial charge in [0, 0.05) is 18.0 Å². The molecule has 4 nitrogen and oxygen atoms in total. The molecule has 0 aromatic heterocycles. The molecular formula is C20H23NO3. The van der Waals surface area contributed by atoms with Gasteiger partial charge in [-0.05, 0) is 36.7 Å². The summed E-state index contributed by atoms with van der Waals surface area (Å²) in [5.74, 6) is 0.937. The highest BCUT2D eigenvalue weighted by Crippen LogP contribution is 2.36. The lowest BCUT2D eigenvalue weighted by molar-refractivity contribution is -0.0702. The Morgan fingerprint density at radius 3 is 2.54 bits per heavy atom. The van der Waals surface area contributed by atoms with Gasteiger partial charge in [-0.1, -0.05) is 30.3 Å². The third-order valence-corrected chi connectivity index (χ3v) is 5.61. The van der Waals surface area contributed by atoms with Crippen LogP contribution in [0.25, 0.3) is 10.8 Å². The molecule has 2 aliphatic heterocycles. The average Bonchev–Trinajstić information content (AvgIpc) is 2.60. The van der Waals surface area contributed by atoms with E-state index < -0.39 is 0 Å². The molecule has 4 rings (SSSR count). The summed E-state index contributed by atoms with van der Waals surface area (Å²) in [7, 11) is 3.79. The molecule has 2 saturated heterocycles. The molecule has 2 aromatic rings. The SMILES string of the molecule is COc1ccc2ccccc2c1C(=O)C1CC2COCC(C1)N2C. The zero-order valence-electron chi connectivity index (χ0n) is 14.2. The fraction of sp³-hybridized carbons (Fsp3) is 0.450. The van der Waals surface area contributed by atoms with Crippen LogP contribution in [0, 0.1) is 5.92 Å². The quantitative estimate of drug-likeness (QED) is 0.813. The topological polar surface area (TPSA) is 38.8 Å². The summed E-state index contributed by atoms with van der Waals surface area (Å²) in [4.78, 5) is 15.8. The molecule has 4 heteroatoms. The van der Waals surface area contributed by atoms with Crippen molar-refractivity contribution in [3.05, 3.63) is 42.0 Å². The Bertz CT molecular complexity index is 759.